The van der Waals surface area contributed by atoms with E-state index in [1.807, 2.05) is 17.7 Å². The van der Waals surface area contributed by atoms with Crippen molar-refractivity contribution in [3.05, 3.63) is 71.4 Å². The summed E-state index contributed by atoms with van der Waals surface area (Å²) >= 11 is 0. The van der Waals surface area contributed by atoms with E-state index in [9.17, 15) is 9.59 Å². The lowest BCUT2D eigenvalue weighted by Gasteiger charge is -2.12. The number of carboxylic acid groups (broad SMARTS) is 1. The number of Topliss-reactive ketones (excluding diaryl/α,β-unsaturated/α-hetero) is 1. The zero-order valence-electron chi connectivity index (χ0n) is 21.3. The molecule has 0 spiro atoms. The first-order chi connectivity index (χ1) is 17.4. The van der Waals surface area contributed by atoms with Crippen molar-refractivity contribution in [2.24, 2.45) is 0 Å². The summed E-state index contributed by atoms with van der Waals surface area (Å²) in [6, 6.07) is 16.5. The van der Waals surface area contributed by atoms with Gasteiger partial charge in [0, 0.05) is 36.7 Å². The van der Waals surface area contributed by atoms with Crippen LogP contribution in [0.4, 0.5) is 0 Å². The van der Waals surface area contributed by atoms with E-state index in [4.69, 9.17) is 15.1 Å². The SMILES string of the molecule is CCC(=O)c1cn(CCCCCCC(=O)O)c2nc(-c3ccc(C)cc3)c(-c3ccc(C)cc3)nc12. The number of nitrogens with zero attached hydrogens (tertiary/aromatic N) is 3. The number of benzene rings is 2. The van der Waals surface area contributed by atoms with E-state index in [1.165, 1.54) is 11.1 Å². The Morgan fingerprint density at radius 2 is 1.36 bits per heavy atom. The van der Waals surface area contributed by atoms with Crippen molar-refractivity contribution in [1.29, 1.82) is 0 Å². The average Bonchev–Trinajstić information content (AvgIpc) is 3.23. The molecule has 2 heterocycles. The van der Waals surface area contributed by atoms with E-state index in [-0.39, 0.29) is 12.2 Å². The van der Waals surface area contributed by atoms with Crippen LogP contribution in [-0.2, 0) is 11.3 Å². The van der Waals surface area contributed by atoms with Crippen molar-refractivity contribution >= 4 is 22.9 Å². The molecule has 4 rings (SSSR count). The Morgan fingerprint density at radius 3 is 1.92 bits per heavy atom. The highest BCUT2D eigenvalue weighted by Gasteiger charge is 2.21. The van der Waals surface area contributed by atoms with E-state index < -0.39 is 5.97 Å². The Hall–Kier alpha value is -3.80. The van der Waals surface area contributed by atoms with Crippen LogP contribution < -0.4 is 0 Å². The van der Waals surface area contributed by atoms with Crippen LogP contribution >= 0.6 is 0 Å². The van der Waals surface area contributed by atoms with E-state index in [2.05, 4.69) is 62.4 Å². The molecule has 0 aliphatic carbocycles. The Kier molecular flexibility index (Phi) is 7.93. The molecule has 0 bridgehead atoms. The van der Waals surface area contributed by atoms with E-state index in [1.54, 1.807) is 0 Å². The number of hydrogen-bond acceptors (Lipinski definition) is 4. The normalized spacial score (nSPS) is 11.2. The highest BCUT2D eigenvalue weighted by Crippen LogP contribution is 2.33. The fourth-order valence-corrected chi connectivity index (χ4v) is 4.39. The zero-order chi connectivity index (χ0) is 25.7. The van der Waals surface area contributed by atoms with Gasteiger partial charge in [-0.3, -0.25) is 9.59 Å². The lowest BCUT2D eigenvalue weighted by molar-refractivity contribution is -0.137. The van der Waals surface area contributed by atoms with Crippen molar-refractivity contribution in [3.63, 3.8) is 0 Å². The molecular formula is C30H33N3O3. The summed E-state index contributed by atoms with van der Waals surface area (Å²) in [4.78, 5) is 33.8. The van der Waals surface area contributed by atoms with Gasteiger partial charge in [-0.15, -0.1) is 0 Å². The Labute approximate surface area is 212 Å². The third kappa shape index (κ3) is 5.70. The fourth-order valence-electron chi connectivity index (χ4n) is 4.39. The second-order valence-corrected chi connectivity index (χ2v) is 9.40. The van der Waals surface area contributed by atoms with E-state index in [0.29, 0.717) is 36.1 Å². The van der Waals surface area contributed by atoms with Crippen molar-refractivity contribution in [2.75, 3.05) is 0 Å². The second kappa shape index (κ2) is 11.3. The molecule has 1 N–H and O–H groups in total. The van der Waals surface area contributed by atoms with Gasteiger partial charge in [0.15, 0.2) is 11.4 Å². The number of carboxylic acids is 1. The van der Waals surface area contributed by atoms with Gasteiger partial charge in [0.2, 0.25) is 0 Å². The van der Waals surface area contributed by atoms with Crippen molar-refractivity contribution in [2.45, 2.75) is 65.8 Å². The number of unbranched alkanes of at least 4 members (excludes halogenated alkanes) is 3. The van der Waals surface area contributed by atoms with Gasteiger partial charge in [0.05, 0.1) is 17.0 Å². The summed E-state index contributed by atoms with van der Waals surface area (Å²) in [7, 11) is 0. The average molecular weight is 484 g/mol. The standard InChI is InChI=1S/C30H33N3O3/c1-4-25(34)24-19-33(18-8-6-5-7-9-26(35)36)30-29(24)31-27(22-14-10-20(2)11-15-22)28(32-30)23-16-12-21(3)13-17-23/h10-17,19H,4-9,18H2,1-3H3,(H,35,36). The van der Waals surface area contributed by atoms with Crippen LogP contribution in [0, 0.1) is 13.8 Å². The summed E-state index contributed by atoms with van der Waals surface area (Å²) in [6.45, 7) is 6.68. The molecule has 6 heteroatoms. The minimum Gasteiger partial charge on any atom is -0.481 e. The minimum absolute atomic E-state index is 0.0486. The lowest BCUT2D eigenvalue weighted by atomic mass is 10.0. The highest BCUT2D eigenvalue weighted by molar-refractivity contribution is 6.06. The number of carbonyl (C=O) groups excluding carboxylic acids is 1. The molecule has 0 aliphatic rings. The summed E-state index contributed by atoms with van der Waals surface area (Å²) in [6.07, 6.45) is 5.84. The molecule has 36 heavy (non-hydrogen) atoms. The van der Waals surface area contributed by atoms with E-state index in [0.717, 1.165) is 41.8 Å². The Bertz CT molecular complexity index is 1370. The molecule has 2 aromatic carbocycles. The van der Waals surface area contributed by atoms with Gasteiger partial charge in [-0.2, -0.15) is 0 Å². The topological polar surface area (TPSA) is 85.1 Å². The smallest absolute Gasteiger partial charge is 0.303 e. The van der Waals surface area contributed by atoms with Crippen molar-refractivity contribution < 1.29 is 14.7 Å². The minimum atomic E-state index is -0.752. The summed E-state index contributed by atoms with van der Waals surface area (Å²) < 4.78 is 2.04. The molecule has 0 atom stereocenters. The Morgan fingerprint density at radius 1 is 0.806 bits per heavy atom. The maximum atomic E-state index is 12.9. The van der Waals surface area contributed by atoms with Crippen LogP contribution in [0.5, 0.6) is 0 Å². The first-order valence-corrected chi connectivity index (χ1v) is 12.7. The molecule has 0 aliphatic heterocycles. The molecule has 0 fully saturated rings. The van der Waals surface area contributed by atoms with Gasteiger partial charge in [-0.25, -0.2) is 9.97 Å². The predicted molar refractivity (Wildman–Crippen MR) is 143 cm³/mol. The van der Waals surface area contributed by atoms with Crippen molar-refractivity contribution in [3.8, 4) is 22.5 Å². The maximum Gasteiger partial charge on any atom is 0.303 e. The van der Waals surface area contributed by atoms with Gasteiger partial charge >= 0.3 is 5.97 Å². The van der Waals surface area contributed by atoms with Crippen LogP contribution in [-0.4, -0.2) is 31.4 Å². The quantitative estimate of drug-likeness (QED) is 0.183. The fraction of sp³-hybridized carbons (Fsp3) is 0.333. The largest absolute Gasteiger partial charge is 0.481 e. The van der Waals surface area contributed by atoms with Crippen LogP contribution in [0.3, 0.4) is 0 Å². The summed E-state index contributed by atoms with van der Waals surface area (Å²) in [5.41, 5.74) is 7.80. The Balaban J connectivity index is 1.79. The van der Waals surface area contributed by atoms with Gasteiger partial charge in [0.25, 0.3) is 0 Å². The van der Waals surface area contributed by atoms with Crippen LogP contribution in [0.2, 0.25) is 0 Å². The summed E-state index contributed by atoms with van der Waals surface area (Å²) in [5.74, 6) is -0.704. The second-order valence-electron chi connectivity index (χ2n) is 9.40. The molecule has 0 radical (unpaired) electrons. The number of hydrogen-bond donors (Lipinski definition) is 1. The summed E-state index contributed by atoms with van der Waals surface area (Å²) in [5, 5.41) is 8.85. The van der Waals surface area contributed by atoms with Gasteiger partial charge in [0.1, 0.15) is 5.52 Å². The van der Waals surface area contributed by atoms with Gasteiger partial charge in [-0.1, -0.05) is 79.4 Å². The predicted octanol–water partition coefficient (Wildman–Crippen LogP) is 7.01. The molecule has 0 saturated carbocycles. The van der Waals surface area contributed by atoms with Crippen LogP contribution in [0.1, 0.15) is 66.9 Å². The molecule has 0 amide bonds. The zero-order valence-corrected chi connectivity index (χ0v) is 21.3. The van der Waals surface area contributed by atoms with E-state index >= 15 is 0 Å². The first kappa shape index (κ1) is 25.3. The molecule has 6 nitrogen and oxygen atoms in total. The highest BCUT2D eigenvalue weighted by atomic mass is 16.4. The molecule has 0 unspecified atom stereocenters. The number of carbonyl (C=O) groups is 2. The monoisotopic (exact) mass is 483 g/mol. The molecular weight excluding hydrogens is 450 g/mol. The van der Waals surface area contributed by atoms with Crippen molar-refractivity contribution in [1.82, 2.24) is 14.5 Å². The van der Waals surface area contributed by atoms with Gasteiger partial charge < -0.3 is 9.67 Å². The molecule has 2 aromatic heterocycles. The third-order valence-corrected chi connectivity index (χ3v) is 6.50. The number of fused-ring (bicyclic) bond motifs is 1. The number of aryl methyl sites for hydroxylation is 3. The van der Waals surface area contributed by atoms with Gasteiger partial charge in [-0.05, 0) is 26.7 Å². The molecule has 186 valence electrons. The number of ketones is 1. The lowest BCUT2D eigenvalue weighted by Crippen LogP contribution is -2.01. The van der Waals surface area contributed by atoms with Crippen LogP contribution in [0.15, 0.2) is 54.7 Å². The molecule has 0 saturated heterocycles. The number of aliphatic carboxylic acids is 1. The maximum absolute atomic E-state index is 12.9. The molecule has 4 aromatic rings. The number of rotatable bonds is 11. The van der Waals surface area contributed by atoms with Crippen LogP contribution in [0.25, 0.3) is 33.7 Å². The number of aromatic nitrogens is 3. The first-order valence-electron chi connectivity index (χ1n) is 12.7. The third-order valence-electron chi connectivity index (χ3n) is 6.50.